The van der Waals surface area contributed by atoms with Gasteiger partial charge in [0.05, 0.1) is 26.1 Å². The van der Waals surface area contributed by atoms with E-state index in [0.29, 0.717) is 13.1 Å². The van der Waals surface area contributed by atoms with Crippen molar-refractivity contribution in [1.82, 2.24) is 20.1 Å². The fraction of sp³-hybridized carbons (Fsp3) is 0.278. The van der Waals surface area contributed by atoms with Gasteiger partial charge in [0.15, 0.2) is 0 Å². The van der Waals surface area contributed by atoms with E-state index in [2.05, 4.69) is 15.4 Å². The molecule has 0 unspecified atom stereocenters. The van der Waals surface area contributed by atoms with Crippen LogP contribution in [0.2, 0.25) is 0 Å². The molecular weight excluding hydrogens is 336 g/mol. The Hall–Kier alpha value is -2.67. The van der Waals surface area contributed by atoms with Crippen LogP contribution < -0.4 is 10.1 Å². The first-order valence-corrected chi connectivity index (χ1v) is 8.81. The largest absolute Gasteiger partial charge is 0.497 e. The van der Waals surface area contributed by atoms with Crippen LogP contribution >= 0.6 is 11.3 Å². The normalized spacial score (nSPS) is 11.9. The topological polar surface area (TPSA) is 69.0 Å². The monoisotopic (exact) mass is 356 g/mol. The average molecular weight is 356 g/mol. The standard InChI is InChI=1S/C18H20N4O2S/c1-13(12-22-8-4-7-21-22)17(23)19-10-16-11-20-18(25-16)14-5-3-6-15(9-14)24-2/h3-9,11,13H,10,12H2,1-2H3,(H,19,23)/t13-/m1/s1. The molecular formula is C18H20N4O2S. The van der Waals surface area contributed by atoms with Crippen LogP contribution in [-0.2, 0) is 17.9 Å². The first-order valence-electron chi connectivity index (χ1n) is 8.00. The minimum absolute atomic E-state index is 0.00632. The van der Waals surface area contributed by atoms with Crippen molar-refractivity contribution in [1.29, 1.82) is 0 Å². The van der Waals surface area contributed by atoms with Crippen LogP contribution in [0, 0.1) is 5.92 Å². The van der Waals surface area contributed by atoms with Crippen LogP contribution in [0.25, 0.3) is 10.6 Å². The Balaban J connectivity index is 1.57. The molecule has 0 radical (unpaired) electrons. The van der Waals surface area contributed by atoms with Gasteiger partial charge in [0.25, 0.3) is 0 Å². The fourth-order valence-electron chi connectivity index (χ4n) is 2.40. The molecule has 0 bridgehead atoms. The lowest BCUT2D eigenvalue weighted by Gasteiger charge is -2.11. The predicted octanol–water partition coefficient (Wildman–Crippen LogP) is 2.97. The molecule has 2 aromatic heterocycles. The first-order chi connectivity index (χ1) is 12.2. The third kappa shape index (κ3) is 4.45. The number of ether oxygens (including phenoxy) is 1. The molecule has 0 saturated carbocycles. The second-order valence-electron chi connectivity index (χ2n) is 5.71. The van der Waals surface area contributed by atoms with Crippen LogP contribution in [0.3, 0.4) is 0 Å². The number of hydrogen-bond acceptors (Lipinski definition) is 5. The van der Waals surface area contributed by atoms with Gasteiger partial charge < -0.3 is 10.1 Å². The van der Waals surface area contributed by atoms with E-state index in [0.717, 1.165) is 21.2 Å². The molecule has 7 heteroatoms. The Morgan fingerprint density at radius 3 is 3.04 bits per heavy atom. The molecule has 25 heavy (non-hydrogen) atoms. The van der Waals surface area contributed by atoms with Gasteiger partial charge in [-0.3, -0.25) is 9.48 Å². The molecule has 1 atom stereocenters. The molecule has 2 heterocycles. The lowest BCUT2D eigenvalue weighted by atomic mass is 10.1. The van der Waals surface area contributed by atoms with E-state index in [1.807, 2.05) is 43.5 Å². The summed E-state index contributed by atoms with van der Waals surface area (Å²) >= 11 is 1.57. The molecule has 1 aromatic carbocycles. The lowest BCUT2D eigenvalue weighted by molar-refractivity contribution is -0.125. The van der Waals surface area contributed by atoms with Gasteiger partial charge in [0, 0.05) is 29.0 Å². The van der Waals surface area contributed by atoms with E-state index in [1.54, 1.807) is 35.5 Å². The smallest absolute Gasteiger partial charge is 0.224 e. The van der Waals surface area contributed by atoms with E-state index < -0.39 is 0 Å². The lowest BCUT2D eigenvalue weighted by Crippen LogP contribution is -2.31. The second-order valence-corrected chi connectivity index (χ2v) is 6.83. The van der Waals surface area contributed by atoms with Gasteiger partial charge in [-0.05, 0) is 18.2 Å². The molecule has 6 nitrogen and oxygen atoms in total. The highest BCUT2D eigenvalue weighted by atomic mass is 32.1. The van der Waals surface area contributed by atoms with E-state index in [-0.39, 0.29) is 11.8 Å². The summed E-state index contributed by atoms with van der Waals surface area (Å²) in [5, 5.41) is 8.00. The number of amides is 1. The zero-order valence-electron chi connectivity index (χ0n) is 14.2. The van der Waals surface area contributed by atoms with Crippen molar-refractivity contribution in [2.45, 2.75) is 20.0 Å². The molecule has 1 N–H and O–H groups in total. The summed E-state index contributed by atoms with van der Waals surface area (Å²) in [4.78, 5) is 17.7. The number of aromatic nitrogens is 3. The first kappa shape index (κ1) is 17.2. The van der Waals surface area contributed by atoms with Crippen LogP contribution in [0.5, 0.6) is 5.75 Å². The number of rotatable bonds is 7. The van der Waals surface area contributed by atoms with Gasteiger partial charge in [-0.15, -0.1) is 11.3 Å². The Morgan fingerprint density at radius 1 is 1.40 bits per heavy atom. The highest BCUT2D eigenvalue weighted by molar-refractivity contribution is 7.15. The number of thiazole rings is 1. The number of methoxy groups -OCH3 is 1. The van der Waals surface area contributed by atoms with Crippen LogP contribution in [0.4, 0.5) is 0 Å². The third-order valence-corrected chi connectivity index (χ3v) is 4.82. The molecule has 0 fully saturated rings. The molecule has 0 saturated heterocycles. The predicted molar refractivity (Wildman–Crippen MR) is 97.3 cm³/mol. The maximum Gasteiger partial charge on any atom is 0.224 e. The number of nitrogens with zero attached hydrogens (tertiary/aromatic N) is 3. The average Bonchev–Trinajstić information content (AvgIpc) is 3.31. The van der Waals surface area contributed by atoms with Crippen molar-refractivity contribution in [2.24, 2.45) is 5.92 Å². The number of hydrogen-bond donors (Lipinski definition) is 1. The minimum Gasteiger partial charge on any atom is -0.497 e. The summed E-state index contributed by atoms with van der Waals surface area (Å²) in [7, 11) is 1.65. The van der Waals surface area contributed by atoms with E-state index in [1.165, 1.54) is 0 Å². The summed E-state index contributed by atoms with van der Waals surface area (Å²) in [5.41, 5.74) is 1.01. The van der Waals surface area contributed by atoms with Crippen molar-refractivity contribution >= 4 is 17.2 Å². The molecule has 0 aliphatic rings. The number of carbonyl (C=O) groups excluding carboxylic acids is 1. The summed E-state index contributed by atoms with van der Waals surface area (Å²) in [6.07, 6.45) is 5.37. The van der Waals surface area contributed by atoms with E-state index in [9.17, 15) is 4.79 Å². The zero-order valence-corrected chi connectivity index (χ0v) is 15.0. The number of nitrogens with one attached hydrogen (secondary N) is 1. The maximum atomic E-state index is 12.2. The van der Waals surface area contributed by atoms with Crippen molar-refractivity contribution in [3.63, 3.8) is 0 Å². The Kier molecular flexibility index (Phi) is 5.45. The third-order valence-electron chi connectivity index (χ3n) is 3.77. The second kappa shape index (κ2) is 7.94. The SMILES string of the molecule is COc1cccc(-c2ncc(CNC(=O)[C@H](C)Cn3cccn3)s2)c1. The Morgan fingerprint density at radius 2 is 2.28 bits per heavy atom. The van der Waals surface area contributed by atoms with Crippen molar-refractivity contribution in [3.8, 4) is 16.3 Å². The summed E-state index contributed by atoms with van der Waals surface area (Å²) in [5.74, 6) is 0.660. The molecule has 3 aromatic rings. The van der Waals surface area contributed by atoms with Gasteiger partial charge >= 0.3 is 0 Å². The number of benzene rings is 1. The van der Waals surface area contributed by atoms with E-state index in [4.69, 9.17) is 4.74 Å². The van der Waals surface area contributed by atoms with Gasteiger partial charge in [-0.2, -0.15) is 5.10 Å². The van der Waals surface area contributed by atoms with Crippen LogP contribution in [0.1, 0.15) is 11.8 Å². The number of carbonyl (C=O) groups is 1. The molecule has 130 valence electrons. The van der Waals surface area contributed by atoms with Gasteiger partial charge in [-0.25, -0.2) is 4.98 Å². The molecule has 0 aliphatic heterocycles. The molecule has 0 spiro atoms. The van der Waals surface area contributed by atoms with E-state index >= 15 is 0 Å². The Bertz CT molecular complexity index is 829. The van der Waals surface area contributed by atoms with Crippen LogP contribution in [-0.4, -0.2) is 27.8 Å². The van der Waals surface area contributed by atoms with Gasteiger partial charge in [-0.1, -0.05) is 19.1 Å². The zero-order chi connectivity index (χ0) is 17.6. The fourth-order valence-corrected chi connectivity index (χ4v) is 3.25. The molecule has 1 amide bonds. The molecule has 3 rings (SSSR count). The molecule has 0 aliphatic carbocycles. The Labute approximate surface area is 150 Å². The van der Waals surface area contributed by atoms with Crippen LogP contribution in [0.15, 0.2) is 48.9 Å². The van der Waals surface area contributed by atoms with Crippen molar-refractivity contribution in [3.05, 3.63) is 53.8 Å². The highest BCUT2D eigenvalue weighted by Crippen LogP contribution is 2.27. The van der Waals surface area contributed by atoms with Crippen molar-refractivity contribution < 1.29 is 9.53 Å². The summed E-state index contributed by atoms with van der Waals surface area (Å²) < 4.78 is 7.01. The maximum absolute atomic E-state index is 12.2. The quantitative estimate of drug-likeness (QED) is 0.707. The highest BCUT2D eigenvalue weighted by Gasteiger charge is 2.14. The summed E-state index contributed by atoms with van der Waals surface area (Å²) in [6.45, 7) is 2.94. The van der Waals surface area contributed by atoms with Crippen molar-refractivity contribution in [2.75, 3.05) is 7.11 Å². The minimum atomic E-state index is -0.148. The summed E-state index contributed by atoms with van der Waals surface area (Å²) in [6, 6.07) is 9.64. The van der Waals surface area contributed by atoms with Gasteiger partial charge in [0.2, 0.25) is 5.91 Å². The van der Waals surface area contributed by atoms with Gasteiger partial charge in [0.1, 0.15) is 10.8 Å².